The van der Waals surface area contributed by atoms with Gasteiger partial charge in [0.15, 0.2) is 0 Å². The van der Waals surface area contributed by atoms with Gasteiger partial charge in [-0.15, -0.1) is 0 Å². The van der Waals surface area contributed by atoms with Gasteiger partial charge < -0.3 is 5.32 Å². The van der Waals surface area contributed by atoms with Crippen molar-refractivity contribution >= 4 is 16.7 Å². The summed E-state index contributed by atoms with van der Waals surface area (Å²) >= 11 is 0. The van der Waals surface area contributed by atoms with Gasteiger partial charge in [0.1, 0.15) is 5.82 Å². The van der Waals surface area contributed by atoms with Gasteiger partial charge in [0, 0.05) is 17.0 Å². The Morgan fingerprint density at radius 1 is 1.00 bits per heavy atom. The largest absolute Gasteiger partial charge is 0.349 e. The van der Waals surface area contributed by atoms with Crippen LogP contribution in [0.5, 0.6) is 0 Å². The van der Waals surface area contributed by atoms with Crippen LogP contribution in [-0.2, 0) is 0 Å². The first kappa shape index (κ1) is 13.1. The van der Waals surface area contributed by atoms with Crippen LogP contribution in [0.4, 0.5) is 4.39 Å². The molecule has 2 aromatic rings. The van der Waals surface area contributed by atoms with Gasteiger partial charge in [-0.05, 0) is 30.4 Å². The third-order valence-corrected chi connectivity index (χ3v) is 4.06. The molecule has 1 fully saturated rings. The molecule has 1 saturated carbocycles. The van der Waals surface area contributed by atoms with E-state index in [1.165, 1.54) is 25.3 Å². The van der Waals surface area contributed by atoms with Gasteiger partial charge in [-0.3, -0.25) is 4.79 Å². The predicted octanol–water partition coefficient (Wildman–Crippen LogP) is 4.04. The summed E-state index contributed by atoms with van der Waals surface area (Å²) in [6.45, 7) is 0. The van der Waals surface area contributed by atoms with Crippen molar-refractivity contribution in [3.8, 4) is 0 Å². The number of benzene rings is 2. The van der Waals surface area contributed by atoms with E-state index in [0.717, 1.165) is 12.8 Å². The quantitative estimate of drug-likeness (QED) is 0.877. The van der Waals surface area contributed by atoms with E-state index < -0.39 is 0 Å². The van der Waals surface area contributed by atoms with Gasteiger partial charge >= 0.3 is 0 Å². The van der Waals surface area contributed by atoms with Crippen LogP contribution in [0.2, 0.25) is 0 Å². The van der Waals surface area contributed by atoms with Crippen LogP contribution in [0.15, 0.2) is 36.4 Å². The zero-order chi connectivity index (χ0) is 13.9. The predicted molar refractivity (Wildman–Crippen MR) is 78.2 cm³/mol. The fourth-order valence-electron chi connectivity index (χ4n) is 2.97. The average molecular weight is 271 g/mol. The lowest BCUT2D eigenvalue weighted by atomic mass is 9.95. The molecular weight excluding hydrogens is 253 g/mol. The summed E-state index contributed by atoms with van der Waals surface area (Å²) in [7, 11) is 0. The van der Waals surface area contributed by atoms with E-state index >= 15 is 0 Å². The molecule has 1 aliphatic carbocycles. The highest BCUT2D eigenvalue weighted by molar-refractivity contribution is 6.07. The van der Waals surface area contributed by atoms with Gasteiger partial charge in [0.2, 0.25) is 0 Å². The molecule has 0 aliphatic heterocycles. The Bertz CT molecular complexity index is 632. The Labute approximate surface area is 118 Å². The van der Waals surface area contributed by atoms with Gasteiger partial charge in [0.05, 0.1) is 0 Å². The SMILES string of the molecule is O=C(NC1CCCCC1)c1ccc(F)c2ccccc12. The Hall–Kier alpha value is -1.90. The van der Waals surface area contributed by atoms with Crippen LogP contribution in [0, 0.1) is 5.82 Å². The van der Waals surface area contributed by atoms with Gasteiger partial charge in [-0.1, -0.05) is 43.5 Å². The number of fused-ring (bicyclic) bond motifs is 1. The van der Waals surface area contributed by atoms with Crippen molar-refractivity contribution in [1.29, 1.82) is 0 Å². The third-order valence-electron chi connectivity index (χ3n) is 4.06. The van der Waals surface area contributed by atoms with Crippen molar-refractivity contribution in [2.24, 2.45) is 0 Å². The van der Waals surface area contributed by atoms with Crippen LogP contribution in [0.25, 0.3) is 10.8 Å². The first-order chi connectivity index (χ1) is 9.75. The second-order valence-corrected chi connectivity index (χ2v) is 5.45. The number of hydrogen-bond donors (Lipinski definition) is 1. The average Bonchev–Trinajstić information content (AvgIpc) is 2.49. The minimum Gasteiger partial charge on any atom is -0.349 e. The van der Waals surface area contributed by atoms with Crippen molar-refractivity contribution in [2.45, 2.75) is 38.1 Å². The molecule has 0 spiro atoms. The first-order valence-corrected chi connectivity index (χ1v) is 7.24. The van der Waals surface area contributed by atoms with Crippen LogP contribution >= 0.6 is 0 Å². The summed E-state index contributed by atoms with van der Waals surface area (Å²) in [5, 5.41) is 4.27. The highest BCUT2D eigenvalue weighted by atomic mass is 19.1. The summed E-state index contributed by atoms with van der Waals surface area (Å²) in [5.41, 5.74) is 0.563. The minimum atomic E-state index is -0.283. The van der Waals surface area contributed by atoms with E-state index in [9.17, 15) is 9.18 Å². The molecule has 0 radical (unpaired) electrons. The van der Waals surface area contributed by atoms with Gasteiger partial charge in [-0.25, -0.2) is 4.39 Å². The van der Waals surface area contributed by atoms with Crippen LogP contribution < -0.4 is 5.32 Å². The monoisotopic (exact) mass is 271 g/mol. The number of hydrogen-bond acceptors (Lipinski definition) is 1. The Balaban J connectivity index is 1.89. The van der Waals surface area contributed by atoms with E-state index in [-0.39, 0.29) is 17.8 Å². The third kappa shape index (κ3) is 2.53. The maximum absolute atomic E-state index is 13.8. The number of carbonyl (C=O) groups excluding carboxylic acids is 1. The molecule has 0 unspecified atom stereocenters. The van der Waals surface area contributed by atoms with Gasteiger partial charge in [-0.2, -0.15) is 0 Å². The Morgan fingerprint density at radius 3 is 2.45 bits per heavy atom. The summed E-state index contributed by atoms with van der Waals surface area (Å²) in [6.07, 6.45) is 5.70. The minimum absolute atomic E-state index is 0.0897. The van der Waals surface area contributed by atoms with E-state index in [4.69, 9.17) is 0 Å². The number of rotatable bonds is 2. The summed E-state index contributed by atoms with van der Waals surface area (Å²) in [5.74, 6) is -0.372. The molecule has 0 atom stereocenters. The summed E-state index contributed by atoms with van der Waals surface area (Å²) < 4.78 is 13.8. The molecule has 0 saturated heterocycles. The number of carbonyl (C=O) groups is 1. The van der Waals surface area contributed by atoms with E-state index in [1.807, 2.05) is 6.07 Å². The van der Waals surface area contributed by atoms with Crippen LogP contribution in [0.1, 0.15) is 42.5 Å². The summed E-state index contributed by atoms with van der Waals surface area (Å²) in [4.78, 5) is 12.4. The highest BCUT2D eigenvalue weighted by Crippen LogP contribution is 2.23. The van der Waals surface area contributed by atoms with Crippen LogP contribution in [-0.4, -0.2) is 11.9 Å². The zero-order valence-corrected chi connectivity index (χ0v) is 11.4. The second-order valence-electron chi connectivity index (χ2n) is 5.45. The Kier molecular flexibility index (Phi) is 3.68. The lowest BCUT2D eigenvalue weighted by Crippen LogP contribution is -2.36. The smallest absolute Gasteiger partial charge is 0.252 e. The molecule has 1 amide bonds. The molecule has 0 bridgehead atoms. The lowest BCUT2D eigenvalue weighted by Gasteiger charge is -2.23. The maximum atomic E-state index is 13.8. The van der Waals surface area contributed by atoms with Crippen molar-refractivity contribution in [3.05, 3.63) is 47.8 Å². The van der Waals surface area contributed by atoms with Crippen molar-refractivity contribution in [3.63, 3.8) is 0 Å². The van der Waals surface area contributed by atoms with E-state index in [1.54, 1.807) is 24.3 Å². The molecule has 2 aromatic carbocycles. The highest BCUT2D eigenvalue weighted by Gasteiger charge is 2.18. The second kappa shape index (κ2) is 5.61. The topological polar surface area (TPSA) is 29.1 Å². The molecule has 104 valence electrons. The molecule has 2 nitrogen and oxygen atoms in total. The number of amides is 1. The maximum Gasteiger partial charge on any atom is 0.252 e. The first-order valence-electron chi connectivity index (χ1n) is 7.24. The van der Waals surface area contributed by atoms with E-state index in [2.05, 4.69) is 5.32 Å². The fraction of sp³-hybridized carbons (Fsp3) is 0.353. The van der Waals surface area contributed by atoms with Crippen LogP contribution in [0.3, 0.4) is 0 Å². The molecular formula is C17H18FNO. The zero-order valence-electron chi connectivity index (χ0n) is 11.4. The van der Waals surface area contributed by atoms with Crippen molar-refractivity contribution in [2.75, 3.05) is 0 Å². The number of halogens is 1. The molecule has 1 N–H and O–H groups in total. The lowest BCUT2D eigenvalue weighted by molar-refractivity contribution is 0.0929. The number of nitrogens with one attached hydrogen (secondary N) is 1. The normalized spacial score (nSPS) is 16.2. The van der Waals surface area contributed by atoms with Crippen molar-refractivity contribution in [1.82, 2.24) is 5.32 Å². The molecule has 0 aromatic heterocycles. The molecule has 20 heavy (non-hydrogen) atoms. The standard InChI is InChI=1S/C17H18FNO/c18-16-11-10-15(13-8-4-5-9-14(13)16)17(20)19-12-6-2-1-3-7-12/h4-5,8-12H,1-3,6-7H2,(H,19,20). The Morgan fingerprint density at radius 2 is 1.70 bits per heavy atom. The molecule has 3 rings (SSSR count). The van der Waals surface area contributed by atoms with Gasteiger partial charge in [0.25, 0.3) is 5.91 Å². The summed E-state index contributed by atoms with van der Waals surface area (Å²) in [6, 6.07) is 10.3. The van der Waals surface area contributed by atoms with Crippen molar-refractivity contribution < 1.29 is 9.18 Å². The molecule has 0 heterocycles. The van der Waals surface area contributed by atoms with E-state index in [0.29, 0.717) is 16.3 Å². The fourth-order valence-corrected chi connectivity index (χ4v) is 2.97. The molecule has 3 heteroatoms. The molecule has 1 aliphatic rings.